The summed E-state index contributed by atoms with van der Waals surface area (Å²) in [5, 5.41) is 3.27. The zero-order chi connectivity index (χ0) is 13.7. The summed E-state index contributed by atoms with van der Waals surface area (Å²) in [6.45, 7) is 4.12. The molecule has 1 aromatic carbocycles. The minimum absolute atomic E-state index is 0.247. The van der Waals surface area contributed by atoms with E-state index in [0.29, 0.717) is 0 Å². The van der Waals surface area contributed by atoms with Gasteiger partial charge < -0.3 is 4.74 Å². The van der Waals surface area contributed by atoms with Crippen molar-refractivity contribution in [1.82, 2.24) is 5.32 Å². The predicted octanol–water partition coefficient (Wildman–Crippen LogP) is 3.81. The summed E-state index contributed by atoms with van der Waals surface area (Å²) >= 11 is 6.86. The number of methoxy groups -OCH3 is 1. The van der Waals surface area contributed by atoms with E-state index in [1.165, 1.54) is 7.11 Å². The fraction of sp³-hybridized carbons (Fsp3) is 0.462. The van der Waals surface area contributed by atoms with Gasteiger partial charge in [-0.1, -0.05) is 13.0 Å². The molecular weight excluding hydrogens is 362 g/mol. The number of carbonyl (C=O) groups is 1. The van der Waals surface area contributed by atoms with Crippen molar-refractivity contribution in [2.45, 2.75) is 32.4 Å². The van der Waals surface area contributed by atoms with Gasteiger partial charge in [0.15, 0.2) is 0 Å². The molecular formula is C13H17Br2NO2. The van der Waals surface area contributed by atoms with Crippen molar-refractivity contribution in [3.05, 3.63) is 32.7 Å². The zero-order valence-corrected chi connectivity index (χ0v) is 13.8. The molecule has 0 fully saturated rings. The van der Waals surface area contributed by atoms with Gasteiger partial charge in [-0.15, -0.1) is 0 Å². The van der Waals surface area contributed by atoms with Crippen molar-refractivity contribution in [2.24, 2.45) is 0 Å². The quantitative estimate of drug-likeness (QED) is 0.791. The SMILES string of the molecule is CCC(C)NC(C(=O)OC)c1ccc(Br)c(Br)c1. The van der Waals surface area contributed by atoms with Gasteiger partial charge in [-0.3, -0.25) is 5.32 Å². The number of ether oxygens (including phenoxy) is 1. The van der Waals surface area contributed by atoms with Gasteiger partial charge in [0.05, 0.1) is 7.11 Å². The van der Waals surface area contributed by atoms with Gasteiger partial charge in [-0.05, 0) is 62.9 Å². The fourth-order valence-corrected chi connectivity index (χ4v) is 2.16. The molecule has 0 saturated carbocycles. The molecule has 0 aromatic heterocycles. The molecule has 1 N–H and O–H groups in total. The number of rotatable bonds is 5. The highest BCUT2D eigenvalue weighted by molar-refractivity contribution is 9.13. The maximum absolute atomic E-state index is 11.8. The second-order valence-electron chi connectivity index (χ2n) is 4.11. The number of hydrogen-bond donors (Lipinski definition) is 1. The Bertz CT molecular complexity index is 423. The van der Waals surface area contributed by atoms with Crippen LogP contribution in [0.4, 0.5) is 0 Å². The number of nitrogens with one attached hydrogen (secondary N) is 1. The minimum atomic E-state index is -0.436. The first-order chi connectivity index (χ1) is 8.49. The molecule has 100 valence electrons. The standard InChI is InChI=1S/C13H17Br2NO2/c1-4-8(2)16-12(13(17)18-3)9-5-6-10(14)11(15)7-9/h5-8,12,16H,4H2,1-3H3. The van der Waals surface area contributed by atoms with E-state index in [9.17, 15) is 4.79 Å². The van der Waals surface area contributed by atoms with Crippen LogP contribution in [0.25, 0.3) is 0 Å². The first-order valence-electron chi connectivity index (χ1n) is 5.78. The molecule has 0 amide bonds. The number of carbonyl (C=O) groups excluding carboxylic acids is 1. The van der Waals surface area contributed by atoms with Crippen LogP contribution < -0.4 is 5.32 Å². The van der Waals surface area contributed by atoms with Gasteiger partial charge in [0, 0.05) is 15.0 Å². The number of esters is 1. The molecule has 3 nitrogen and oxygen atoms in total. The number of benzene rings is 1. The smallest absolute Gasteiger partial charge is 0.327 e. The Hall–Kier alpha value is -0.390. The van der Waals surface area contributed by atoms with Gasteiger partial charge in [-0.25, -0.2) is 4.79 Å². The summed E-state index contributed by atoms with van der Waals surface area (Å²) in [6, 6.07) is 5.55. The highest BCUT2D eigenvalue weighted by atomic mass is 79.9. The van der Waals surface area contributed by atoms with Crippen molar-refractivity contribution in [3.63, 3.8) is 0 Å². The highest BCUT2D eigenvalue weighted by Crippen LogP contribution is 2.27. The van der Waals surface area contributed by atoms with E-state index in [1.54, 1.807) is 0 Å². The molecule has 18 heavy (non-hydrogen) atoms. The molecule has 0 spiro atoms. The lowest BCUT2D eigenvalue weighted by molar-refractivity contribution is -0.143. The van der Waals surface area contributed by atoms with Crippen molar-refractivity contribution >= 4 is 37.8 Å². The second kappa shape index (κ2) is 7.26. The van der Waals surface area contributed by atoms with E-state index in [4.69, 9.17) is 4.74 Å². The second-order valence-corrected chi connectivity index (χ2v) is 5.81. The Kier molecular flexibility index (Phi) is 6.32. The van der Waals surface area contributed by atoms with E-state index in [1.807, 2.05) is 25.1 Å². The Balaban J connectivity index is 3.01. The Morgan fingerprint density at radius 1 is 1.39 bits per heavy atom. The molecule has 1 aromatic rings. The lowest BCUT2D eigenvalue weighted by Crippen LogP contribution is -2.35. The predicted molar refractivity (Wildman–Crippen MR) is 79.5 cm³/mol. The third kappa shape index (κ3) is 4.07. The van der Waals surface area contributed by atoms with E-state index in [2.05, 4.69) is 44.1 Å². The van der Waals surface area contributed by atoms with Gasteiger partial charge in [-0.2, -0.15) is 0 Å². The molecule has 0 aliphatic carbocycles. The van der Waals surface area contributed by atoms with Crippen LogP contribution in [0.2, 0.25) is 0 Å². The van der Waals surface area contributed by atoms with Crippen molar-refractivity contribution in [3.8, 4) is 0 Å². The van der Waals surface area contributed by atoms with E-state index in [0.717, 1.165) is 20.9 Å². The van der Waals surface area contributed by atoms with Crippen LogP contribution in [-0.2, 0) is 9.53 Å². The third-order valence-corrected chi connectivity index (χ3v) is 4.66. The van der Waals surface area contributed by atoms with Crippen molar-refractivity contribution < 1.29 is 9.53 Å². The lowest BCUT2D eigenvalue weighted by atomic mass is 10.1. The highest BCUT2D eigenvalue weighted by Gasteiger charge is 2.23. The Labute approximate surface area is 125 Å². The van der Waals surface area contributed by atoms with Gasteiger partial charge in [0.25, 0.3) is 0 Å². The fourth-order valence-electron chi connectivity index (χ4n) is 1.51. The molecule has 2 unspecified atom stereocenters. The van der Waals surface area contributed by atoms with Gasteiger partial charge >= 0.3 is 5.97 Å². The van der Waals surface area contributed by atoms with Gasteiger partial charge in [0.1, 0.15) is 6.04 Å². The normalized spacial score (nSPS) is 14.1. The van der Waals surface area contributed by atoms with Crippen LogP contribution in [0.15, 0.2) is 27.1 Å². The molecule has 0 heterocycles. The van der Waals surface area contributed by atoms with Crippen LogP contribution in [0.5, 0.6) is 0 Å². The largest absolute Gasteiger partial charge is 0.468 e. The maximum Gasteiger partial charge on any atom is 0.327 e. The molecule has 0 aliphatic rings. The number of hydrogen-bond acceptors (Lipinski definition) is 3. The van der Waals surface area contributed by atoms with Gasteiger partial charge in [0.2, 0.25) is 0 Å². The molecule has 0 radical (unpaired) electrons. The monoisotopic (exact) mass is 377 g/mol. The molecule has 5 heteroatoms. The summed E-state index contributed by atoms with van der Waals surface area (Å²) in [4.78, 5) is 11.8. The van der Waals surface area contributed by atoms with E-state index < -0.39 is 6.04 Å². The summed E-state index contributed by atoms with van der Waals surface area (Å²) in [6.07, 6.45) is 0.950. The average Bonchev–Trinajstić information content (AvgIpc) is 2.38. The Morgan fingerprint density at radius 3 is 2.56 bits per heavy atom. The van der Waals surface area contributed by atoms with Crippen LogP contribution in [0, 0.1) is 0 Å². The van der Waals surface area contributed by atoms with Crippen LogP contribution >= 0.6 is 31.9 Å². The summed E-state index contributed by atoms with van der Waals surface area (Å²) < 4.78 is 6.73. The third-order valence-electron chi connectivity index (χ3n) is 2.78. The zero-order valence-electron chi connectivity index (χ0n) is 10.7. The molecule has 0 bridgehead atoms. The lowest BCUT2D eigenvalue weighted by Gasteiger charge is -2.21. The van der Waals surface area contributed by atoms with Crippen LogP contribution in [0.1, 0.15) is 31.9 Å². The van der Waals surface area contributed by atoms with E-state index >= 15 is 0 Å². The minimum Gasteiger partial charge on any atom is -0.468 e. The summed E-state index contributed by atoms with van der Waals surface area (Å²) in [5.41, 5.74) is 0.886. The topological polar surface area (TPSA) is 38.3 Å². The molecule has 1 rings (SSSR count). The Morgan fingerprint density at radius 2 is 2.06 bits per heavy atom. The maximum atomic E-state index is 11.8. The first kappa shape index (κ1) is 15.7. The summed E-state index contributed by atoms with van der Waals surface area (Å²) in [5.74, 6) is -0.274. The molecule has 2 atom stereocenters. The molecule has 0 aliphatic heterocycles. The van der Waals surface area contributed by atoms with E-state index in [-0.39, 0.29) is 12.0 Å². The number of halogens is 2. The van der Waals surface area contributed by atoms with Crippen molar-refractivity contribution in [1.29, 1.82) is 0 Å². The molecule has 0 saturated heterocycles. The first-order valence-corrected chi connectivity index (χ1v) is 7.37. The summed E-state index contributed by atoms with van der Waals surface area (Å²) in [7, 11) is 1.40. The van der Waals surface area contributed by atoms with Crippen LogP contribution in [-0.4, -0.2) is 19.1 Å². The average molecular weight is 379 g/mol. The van der Waals surface area contributed by atoms with Crippen molar-refractivity contribution in [2.75, 3.05) is 7.11 Å². The van der Waals surface area contributed by atoms with Crippen LogP contribution in [0.3, 0.4) is 0 Å².